The molecule has 2 aromatic rings. The summed E-state index contributed by atoms with van der Waals surface area (Å²) in [5.41, 5.74) is 1.16. The molecule has 162 valence electrons. The third kappa shape index (κ3) is 5.42. The van der Waals surface area contributed by atoms with Crippen molar-refractivity contribution in [3.05, 3.63) is 47.7 Å². The first-order chi connectivity index (χ1) is 14.7. The zero-order valence-corrected chi connectivity index (χ0v) is 18.0. The number of amides is 1. The number of piperidine rings is 1. The molecular formula is C24H33N3O3. The fourth-order valence-electron chi connectivity index (χ4n) is 4.53. The van der Waals surface area contributed by atoms with Gasteiger partial charge in [0.25, 0.3) is 0 Å². The first-order valence-electron chi connectivity index (χ1n) is 11.3. The molecule has 30 heavy (non-hydrogen) atoms. The van der Waals surface area contributed by atoms with Crippen molar-refractivity contribution in [3.8, 4) is 5.75 Å². The molecule has 0 spiro atoms. The first kappa shape index (κ1) is 20.9. The topological polar surface area (TPSA) is 58.8 Å². The van der Waals surface area contributed by atoms with E-state index in [1.165, 1.54) is 25.7 Å². The van der Waals surface area contributed by atoms with Crippen LogP contribution in [-0.4, -0.2) is 60.5 Å². The number of hydrogen-bond acceptors (Lipinski definition) is 5. The number of oxazole rings is 1. The number of likely N-dealkylation sites (tertiary alicyclic amines) is 2. The Balaban J connectivity index is 1.33. The Morgan fingerprint density at radius 1 is 1.10 bits per heavy atom. The maximum Gasteiger partial charge on any atom is 0.236 e. The van der Waals surface area contributed by atoms with Gasteiger partial charge in [-0.05, 0) is 56.5 Å². The summed E-state index contributed by atoms with van der Waals surface area (Å²) in [4.78, 5) is 21.8. The van der Waals surface area contributed by atoms with E-state index in [0.717, 1.165) is 62.0 Å². The molecule has 6 heteroatoms. The summed E-state index contributed by atoms with van der Waals surface area (Å²) in [5, 5.41) is 0. The molecule has 1 aromatic carbocycles. The Hall–Kier alpha value is -2.34. The van der Waals surface area contributed by atoms with Crippen molar-refractivity contribution >= 4 is 5.91 Å². The Morgan fingerprint density at radius 3 is 2.60 bits per heavy atom. The third-order valence-corrected chi connectivity index (χ3v) is 6.29. The average Bonchev–Trinajstić information content (AvgIpc) is 3.09. The highest BCUT2D eigenvalue weighted by Crippen LogP contribution is 2.27. The fraction of sp³-hybridized carbons (Fsp3) is 0.583. The van der Waals surface area contributed by atoms with Crippen LogP contribution in [0.1, 0.15) is 61.7 Å². The average molecular weight is 412 g/mol. The molecule has 0 N–H and O–H groups in total. The van der Waals surface area contributed by atoms with Crippen LogP contribution < -0.4 is 4.74 Å². The number of aromatic nitrogens is 1. The molecule has 0 aliphatic carbocycles. The van der Waals surface area contributed by atoms with E-state index in [-0.39, 0.29) is 11.8 Å². The number of ether oxygens (including phenoxy) is 1. The number of benzene rings is 1. The Morgan fingerprint density at radius 2 is 1.87 bits per heavy atom. The highest BCUT2D eigenvalue weighted by molar-refractivity contribution is 5.78. The number of hydrogen-bond donors (Lipinski definition) is 0. The van der Waals surface area contributed by atoms with E-state index >= 15 is 0 Å². The van der Waals surface area contributed by atoms with E-state index in [1.54, 1.807) is 7.11 Å². The van der Waals surface area contributed by atoms with Crippen molar-refractivity contribution in [2.45, 2.75) is 50.9 Å². The van der Waals surface area contributed by atoms with Crippen molar-refractivity contribution in [1.82, 2.24) is 14.8 Å². The van der Waals surface area contributed by atoms with Gasteiger partial charge in [-0.2, -0.15) is 0 Å². The highest BCUT2D eigenvalue weighted by atomic mass is 16.5. The normalized spacial score (nSPS) is 20.7. The molecule has 2 aliphatic heterocycles. The zero-order chi connectivity index (χ0) is 20.8. The maximum atomic E-state index is 12.9. The van der Waals surface area contributed by atoms with Gasteiger partial charge in [-0.15, -0.1) is 0 Å². The van der Waals surface area contributed by atoms with Gasteiger partial charge >= 0.3 is 0 Å². The second kappa shape index (κ2) is 10.1. The Labute approximate surface area is 179 Å². The lowest BCUT2D eigenvalue weighted by Crippen LogP contribution is -2.44. The van der Waals surface area contributed by atoms with E-state index in [0.29, 0.717) is 13.0 Å². The monoisotopic (exact) mass is 411 g/mol. The van der Waals surface area contributed by atoms with E-state index in [1.807, 2.05) is 35.4 Å². The van der Waals surface area contributed by atoms with Gasteiger partial charge in [0.05, 0.1) is 25.8 Å². The van der Waals surface area contributed by atoms with Crippen LogP contribution in [0.15, 0.2) is 34.9 Å². The predicted octanol–water partition coefficient (Wildman–Crippen LogP) is 3.86. The van der Waals surface area contributed by atoms with Crippen LogP contribution >= 0.6 is 0 Å². The highest BCUT2D eigenvalue weighted by Gasteiger charge is 2.28. The van der Waals surface area contributed by atoms with Gasteiger partial charge in [0.2, 0.25) is 5.91 Å². The molecule has 6 nitrogen and oxygen atoms in total. The van der Waals surface area contributed by atoms with Gasteiger partial charge in [0.1, 0.15) is 11.5 Å². The molecule has 0 unspecified atom stereocenters. The minimum Gasteiger partial charge on any atom is -0.497 e. The minimum atomic E-state index is 0.191. The molecule has 1 amide bonds. The van der Waals surface area contributed by atoms with E-state index in [2.05, 4.69) is 9.88 Å². The number of nitrogens with zero attached hydrogens (tertiary/aromatic N) is 3. The van der Waals surface area contributed by atoms with Gasteiger partial charge in [-0.1, -0.05) is 25.0 Å². The lowest BCUT2D eigenvalue weighted by atomic mass is 9.98. The second-order valence-corrected chi connectivity index (χ2v) is 8.56. The second-order valence-electron chi connectivity index (χ2n) is 8.56. The largest absolute Gasteiger partial charge is 0.497 e. The lowest BCUT2D eigenvalue weighted by molar-refractivity contribution is -0.133. The van der Waals surface area contributed by atoms with Gasteiger partial charge in [0, 0.05) is 19.5 Å². The van der Waals surface area contributed by atoms with Gasteiger partial charge < -0.3 is 14.1 Å². The SMILES string of the molecule is COc1ccc(Cc2cnc([C@@H]3CCCN(C(=O)CN4CCCCCC4)C3)o2)cc1. The molecule has 2 aliphatic rings. The fourth-order valence-corrected chi connectivity index (χ4v) is 4.53. The van der Waals surface area contributed by atoms with Crippen molar-refractivity contribution < 1.29 is 13.9 Å². The molecule has 0 radical (unpaired) electrons. The van der Waals surface area contributed by atoms with Crippen LogP contribution in [0.2, 0.25) is 0 Å². The van der Waals surface area contributed by atoms with Crippen molar-refractivity contribution in [1.29, 1.82) is 0 Å². The van der Waals surface area contributed by atoms with Crippen molar-refractivity contribution in [3.63, 3.8) is 0 Å². The van der Waals surface area contributed by atoms with Gasteiger partial charge in [0.15, 0.2) is 5.89 Å². The van der Waals surface area contributed by atoms with Gasteiger partial charge in [-0.25, -0.2) is 4.98 Å². The maximum absolute atomic E-state index is 12.9. The van der Waals surface area contributed by atoms with Crippen molar-refractivity contribution in [2.24, 2.45) is 0 Å². The molecule has 0 saturated carbocycles. The zero-order valence-electron chi connectivity index (χ0n) is 18.0. The molecule has 0 bridgehead atoms. The summed E-state index contributed by atoms with van der Waals surface area (Å²) in [6.45, 7) is 4.23. The molecule has 2 saturated heterocycles. The molecule has 4 rings (SSSR count). The molecule has 2 fully saturated rings. The summed E-state index contributed by atoms with van der Waals surface area (Å²) in [7, 11) is 1.67. The summed E-state index contributed by atoms with van der Waals surface area (Å²) in [5.74, 6) is 2.93. The molecule has 1 atom stereocenters. The van der Waals surface area contributed by atoms with Crippen LogP contribution in [0.25, 0.3) is 0 Å². The summed E-state index contributed by atoms with van der Waals surface area (Å²) in [6, 6.07) is 8.01. The van der Waals surface area contributed by atoms with Crippen LogP contribution in [0.4, 0.5) is 0 Å². The summed E-state index contributed by atoms with van der Waals surface area (Å²) in [6.07, 6.45) is 9.58. The summed E-state index contributed by atoms with van der Waals surface area (Å²) < 4.78 is 11.3. The quantitative estimate of drug-likeness (QED) is 0.723. The number of carbonyl (C=O) groups excluding carboxylic acids is 1. The van der Waals surface area contributed by atoms with E-state index in [9.17, 15) is 4.79 Å². The predicted molar refractivity (Wildman–Crippen MR) is 116 cm³/mol. The number of methoxy groups -OCH3 is 1. The van der Waals surface area contributed by atoms with Crippen LogP contribution in [0.5, 0.6) is 5.75 Å². The van der Waals surface area contributed by atoms with Crippen LogP contribution in [0, 0.1) is 0 Å². The number of carbonyl (C=O) groups is 1. The summed E-state index contributed by atoms with van der Waals surface area (Å²) >= 11 is 0. The first-order valence-corrected chi connectivity index (χ1v) is 11.3. The minimum absolute atomic E-state index is 0.191. The van der Waals surface area contributed by atoms with E-state index in [4.69, 9.17) is 9.15 Å². The Bertz CT molecular complexity index is 809. The van der Waals surface area contributed by atoms with Gasteiger partial charge in [-0.3, -0.25) is 9.69 Å². The number of rotatable bonds is 6. The Kier molecular flexibility index (Phi) is 7.05. The van der Waals surface area contributed by atoms with Crippen LogP contribution in [0.3, 0.4) is 0 Å². The van der Waals surface area contributed by atoms with Crippen molar-refractivity contribution in [2.75, 3.05) is 39.8 Å². The molecule has 3 heterocycles. The molecule has 1 aromatic heterocycles. The standard InChI is InChI=1S/C24H33N3O3/c1-29-21-10-8-19(9-11-21)15-22-16-25-24(30-22)20-7-6-14-27(17-20)23(28)18-26-12-4-2-3-5-13-26/h8-11,16,20H,2-7,12-15,17-18H2,1H3/t20-/m1/s1. The smallest absolute Gasteiger partial charge is 0.236 e. The van der Waals surface area contributed by atoms with E-state index < -0.39 is 0 Å². The third-order valence-electron chi connectivity index (χ3n) is 6.29. The lowest BCUT2D eigenvalue weighted by Gasteiger charge is -2.33. The van der Waals surface area contributed by atoms with Crippen LogP contribution in [-0.2, 0) is 11.2 Å². The molecular weight excluding hydrogens is 378 g/mol.